The van der Waals surface area contributed by atoms with E-state index < -0.39 is 15.0 Å². The molecule has 0 unspecified atom stereocenters. The molecule has 0 bridgehead atoms. The van der Waals surface area contributed by atoms with Crippen LogP contribution in [0.1, 0.15) is 5.82 Å². The van der Waals surface area contributed by atoms with Gasteiger partial charge in [-0.25, -0.2) is 0 Å². The summed E-state index contributed by atoms with van der Waals surface area (Å²) in [6.07, 6.45) is 0. The predicted molar refractivity (Wildman–Crippen MR) is 89.7 cm³/mol. The number of anilines is 2. The molecule has 0 aliphatic rings. The molecule has 0 aliphatic heterocycles. The third kappa shape index (κ3) is 3.02. The van der Waals surface area contributed by atoms with Gasteiger partial charge >= 0.3 is 139 Å². The fourth-order valence-corrected chi connectivity index (χ4v) is 3.20. The van der Waals surface area contributed by atoms with E-state index in [0.29, 0.717) is 16.0 Å². The number of aromatic nitrogens is 2. The SMILES string of the molecule is Cc1nc(N(C)c2ccc([Se]C#N)c(F)c2)c2ccccc2n1. The zero-order chi connectivity index (χ0) is 16.4. The van der Waals surface area contributed by atoms with Crippen molar-refractivity contribution in [2.75, 3.05) is 11.9 Å². The van der Waals surface area contributed by atoms with Crippen LogP contribution in [0.2, 0.25) is 0 Å². The summed E-state index contributed by atoms with van der Waals surface area (Å²) in [4.78, 5) is 12.8. The third-order valence-electron chi connectivity index (χ3n) is 3.47. The molecule has 4 nitrogen and oxygen atoms in total. The van der Waals surface area contributed by atoms with Gasteiger partial charge in [0.05, 0.1) is 0 Å². The summed E-state index contributed by atoms with van der Waals surface area (Å²) in [5.74, 6) is 1.03. The van der Waals surface area contributed by atoms with E-state index in [9.17, 15) is 4.39 Å². The van der Waals surface area contributed by atoms with E-state index in [0.717, 1.165) is 16.7 Å². The van der Waals surface area contributed by atoms with Crippen LogP contribution in [0.3, 0.4) is 0 Å². The molecule has 0 fully saturated rings. The molecule has 0 spiro atoms. The molecule has 3 rings (SSSR count). The van der Waals surface area contributed by atoms with Crippen LogP contribution in [0.4, 0.5) is 15.9 Å². The van der Waals surface area contributed by atoms with E-state index in [1.807, 2.05) is 54.2 Å². The molecule has 114 valence electrons. The van der Waals surface area contributed by atoms with Crippen LogP contribution in [0.15, 0.2) is 42.5 Å². The molecule has 0 saturated carbocycles. The fourth-order valence-electron chi connectivity index (χ4n) is 2.38. The molecular formula is C17H13FN4Se. The van der Waals surface area contributed by atoms with Gasteiger partial charge in [0, 0.05) is 0 Å². The van der Waals surface area contributed by atoms with Crippen molar-refractivity contribution in [3.63, 3.8) is 0 Å². The van der Waals surface area contributed by atoms with Crippen molar-refractivity contribution in [2.45, 2.75) is 6.92 Å². The van der Waals surface area contributed by atoms with Gasteiger partial charge in [0.2, 0.25) is 0 Å². The van der Waals surface area contributed by atoms with E-state index >= 15 is 0 Å². The van der Waals surface area contributed by atoms with E-state index in [4.69, 9.17) is 5.26 Å². The minimum atomic E-state index is -0.501. The number of para-hydroxylation sites is 1. The standard InChI is InChI=1S/C17H13FN4Se/c1-11-20-15-6-4-3-5-13(15)17(21-11)22(2)12-7-8-16(23-10-19)14(18)9-12/h3-9H,1-2H3. The topological polar surface area (TPSA) is 52.8 Å². The molecule has 0 saturated heterocycles. The second kappa shape index (κ2) is 6.33. The quantitative estimate of drug-likeness (QED) is 0.665. The van der Waals surface area contributed by atoms with Gasteiger partial charge in [-0.15, -0.1) is 0 Å². The molecule has 0 radical (unpaired) electrons. The number of hydrogen-bond acceptors (Lipinski definition) is 4. The monoisotopic (exact) mass is 372 g/mol. The third-order valence-corrected chi connectivity index (χ3v) is 4.82. The molecule has 0 N–H and O–H groups in total. The maximum atomic E-state index is 14.1. The summed E-state index contributed by atoms with van der Waals surface area (Å²) < 4.78 is 14.6. The first-order valence-corrected chi connectivity index (χ1v) is 8.64. The Morgan fingerprint density at radius 2 is 1.96 bits per heavy atom. The van der Waals surface area contributed by atoms with Crippen LogP contribution in [-0.2, 0) is 0 Å². The Balaban J connectivity index is 2.09. The number of rotatable bonds is 3. The molecule has 2 aromatic carbocycles. The summed E-state index contributed by atoms with van der Waals surface area (Å²) in [6.45, 7) is 1.84. The molecule has 6 heteroatoms. The summed E-state index contributed by atoms with van der Waals surface area (Å²) >= 11 is -0.501. The number of halogens is 1. The van der Waals surface area contributed by atoms with Gasteiger partial charge in [0.15, 0.2) is 0 Å². The number of nitriles is 1. The van der Waals surface area contributed by atoms with Crippen molar-refractivity contribution in [2.24, 2.45) is 0 Å². The molecule has 0 aliphatic carbocycles. The Bertz CT molecular complexity index is 920. The average Bonchev–Trinajstić information content (AvgIpc) is 2.55. The summed E-state index contributed by atoms with van der Waals surface area (Å²) in [6, 6.07) is 12.7. The van der Waals surface area contributed by atoms with Crippen LogP contribution < -0.4 is 9.36 Å². The zero-order valence-corrected chi connectivity index (χ0v) is 14.3. The molecule has 1 aromatic heterocycles. The maximum absolute atomic E-state index is 14.1. The minimum absolute atomic E-state index is 0.356. The van der Waals surface area contributed by atoms with Gasteiger partial charge in [-0.1, -0.05) is 0 Å². The Hall–Kier alpha value is -2.48. The molecule has 3 aromatic rings. The summed E-state index contributed by atoms with van der Waals surface area (Å²) in [7, 11) is 1.85. The van der Waals surface area contributed by atoms with E-state index in [-0.39, 0.29) is 5.82 Å². The van der Waals surface area contributed by atoms with Gasteiger partial charge in [-0.05, 0) is 0 Å². The molecule has 1 heterocycles. The van der Waals surface area contributed by atoms with Gasteiger partial charge in [0.25, 0.3) is 0 Å². The van der Waals surface area contributed by atoms with E-state index in [1.165, 1.54) is 6.07 Å². The first-order valence-electron chi connectivity index (χ1n) is 6.93. The number of hydrogen-bond donors (Lipinski definition) is 0. The molecular weight excluding hydrogens is 358 g/mol. The van der Waals surface area contributed by atoms with E-state index in [1.54, 1.807) is 6.07 Å². The van der Waals surface area contributed by atoms with Crippen molar-refractivity contribution in [3.8, 4) is 4.97 Å². The molecule has 0 amide bonds. The first-order chi connectivity index (χ1) is 11.1. The van der Waals surface area contributed by atoms with Gasteiger partial charge in [-0.2, -0.15) is 0 Å². The first kappa shape index (κ1) is 15.4. The van der Waals surface area contributed by atoms with Crippen molar-refractivity contribution in [3.05, 3.63) is 54.1 Å². The van der Waals surface area contributed by atoms with Gasteiger partial charge in [-0.3, -0.25) is 0 Å². The number of nitrogens with zero attached hydrogens (tertiary/aromatic N) is 4. The predicted octanol–water partition coefficient (Wildman–Crippen LogP) is 2.66. The second-order valence-electron chi connectivity index (χ2n) is 4.98. The van der Waals surface area contributed by atoms with Crippen molar-refractivity contribution in [1.29, 1.82) is 5.26 Å². The number of aryl methyl sites for hydroxylation is 1. The van der Waals surface area contributed by atoms with Gasteiger partial charge in [0.1, 0.15) is 0 Å². The van der Waals surface area contributed by atoms with Crippen LogP contribution in [-0.4, -0.2) is 32.0 Å². The Morgan fingerprint density at radius 1 is 1.17 bits per heavy atom. The average molecular weight is 371 g/mol. The molecule has 0 atom stereocenters. The summed E-state index contributed by atoms with van der Waals surface area (Å²) in [5, 5.41) is 9.64. The Labute approximate surface area is 139 Å². The summed E-state index contributed by atoms with van der Waals surface area (Å²) in [5.41, 5.74) is 1.54. The van der Waals surface area contributed by atoms with Crippen LogP contribution in [0, 0.1) is 23.0 Å². The Morgan fingerprint density at radius 3 is 2.70 bits per heavy atom. The normalized spacial score (nSPS) is 10.5. The fraction of sp³-hybridized carbons (Fsp3) is 0.118. The van der Waals surface area contributed by atoms with Crippen LogP contribution in [0.5, 0.6) is 0 Å². The Kier molecular flexibility index (Phi) is 4.24. The van der Waals surface area contributed by atoms with Crippen molar-refractivity contribution >= 4 is 41.8 Å². The zero-order valence-electron chi connectivity index (χ0n) is 12.6. The second-order valence-corrected chi connectivity index (χ2v) is 6.71. The number of fused-ring (bicyclic) bond motifs is 1. The van der Waals surface area contributed by atoms with Crippen LogP contribution in [0.25, 0.3) is 10.9 Å². The van der Waals surface area contributed by atoms with Crippen LogP contribution >= 0.6 is 0 Å². The number of benzene rings is 2. The van der Waals surface area contributed by atoms with Crippen molar-refractivity contribution < 1.29 is 4.39 Å². The molecule has 23 heavy (non-hydrogen) atoms. The van der Waals surface area contributed by atoms with Gasteiger partial charge < -0.3 is 0 Å². The van der Waals surface area contributed by atoms with E-state index in [2.05, 4.69) is 9.97 Å². The van der Waals surface area contributed by atoms with Crippen molar-refractivity contribution in [1.82, 2.24) is 9.97 Å².